The minimum absolute atomic E-state index is 0.0298. The van der Waals surface area contributed by atoms with E-state index >= 15 is 0 Å². The van der Waals surface area contributed by atoms with Gasteiger partial charge in [0.15, 0.2) is 0 Å². The maximum absolute atomic E-state index is 11.7. The van der Waals surface area contributed by atoms with Crippen molar-refractivity contribution < 1.29 is 4.79 Å². The highest BCUT2D eigenvalue weighted by Crippen LogP contribution is 2.32. The fourth-order valence-electron chi connectivity index (χ4n) is 1.10. The molecule has 0 radical (unpaired) electrons. The van der Waals surface area contributed by atoms with Crippen molar-refractivity contribution in [2.24, 2.45) is 5.92 Å². The topological polar surface area (TPSA) is 29.1 Å². The Bertz CT molecular complexity index is 350. The van der Waals surface area contributed by atoms with Crippen LogP contribution in [-0.4, -0.2) is 18.3 Å². The SMILES string of the molecule is CC(CCCl)CNC(=O)c1cc(Br)c(Br)s1. The number of rotatable bonds is 5. The Balaban J connectivity index is 2.46. The summed E-state index contributed by atoms with van der Waals surface area (Å²) in [6.07, 6.45) is 0.916. The van der Waals surface area contributed by atoms with Crippen LogP contribution in [0.15, 0.2) is 14.3 Å². The van der Waals surface area contributed by atoms with Crippen molar-refractivity contribution in [2.45, 2.75) is 13.3 Å². The van der Waals surface area contributed by atoms with E-state index in [1.807, 2.05) is 6.07 Å². The van der Waals surface area contributed by atoms with Crippen LogP contribution >= 0.6 is 54.8 Å². The average molecular weight is 390 g/mol. The van der Waals surface area contributed by atoms with Gasteiger partial charge >= 0.3 is 0 Å². The van der Waals surface area contributed by atoms with E-state index in [0.717, 1.165) is 14.7 Å². The molecular weight excluding hydrogens is 377 g/mol. The standard InChI is InChI=1S/C10H12Br2ClNOS/c1-6(2-3-13)5-14-10(15)8-4-7(11)9(12)16-8/h4,6H,2-3,5H2,1H3,(H,14,15). The van der Waals surface area contributed by atoms with Gasteiger partial charge in [0.2, 0.25) is 0 Å². The molecule has 1 aromatic rings. The first-order valence-electron chi connectivity index (χ1n) is 4.83. The number of thiophene rings is 1. The molecule has 0 bridgehead atoms. The molecule has 0 saturated carbocycles. The Morgan fingerprint density at radius 3 is 2.81 bits per heavy atom. The van der Waals surface area contributed by atoms with E-state index < -0.39 is 0 Å². The molecule has 1 amide bonds. The molecule has 6 heteroatoms. The summed E-state index contributed by atoms with van der Waals surface area (Å²) in [7, 11) is 0. The van der Waals surface area contributed by atoms with Gasteiger partial charge in [-0.1, -0.05) is 6.92 Å². The zero-order chi connectivity index (χ0) is 12.1. The fraction of sp³-hybridized carbons (Fsp3) is 0.500. The highest BCUT2D eigenvalue weighted by Gasteiger charge is 2.12. The molecule has 16 heavy (non-hydrogen) atoms. The molecule has 1 rings (SSSR count). The molecule has 1 heterocycles. The fourth-order valence-corrected chi connectivity index (χ4v) is 3.43. The first-order valence-corrected chi connectivity index (χ1v) is 7.77. The van der Waals surface area contributed by atoms with Crippen LogP contribution < -0.4 is 5.32 Å². The summed E-state index contributed by atoms with van der Waals surface area (Å²) in [5.74, 6) is 1.01. The summed E-state index contributed by atoms with van der Waals surface area (Å²) < 4.78 is 1.85. The Labute approximate surface area is 121 Å². The molecule has 0 spiro atoms. The molecule has 0 aliphatic rings. The first kappa shape index (κ1) is 14.5. The zero-order valence-electron chi connectivity index (χ0n) is 8.73. The first-order chi connectivity index (χ1) is 7.54. The van der Waals surface area contributed by atoms with Crippen LogP contribution in [0.5, 0.6) is 0 Å². The maximum atomic E-state index is 11.7. The monoisotopic (exact) mass is 387 g/mol. The largest absolute Gasteiger partial charge is 0.351 e. The van der Waals surface area contributed by atoms with E-state index in [0.29, 0.717) is 23.2 Å². The lowest BCUT2D eigenvalue weighted by Crippen LogP contribution is -2.27. The third-order valence-corrected chi connectivity index (χ3v) is 5.56. The van der Waals surface area contributed by atoms with E-state index in [9.17, 15) is 4.79 Å². The summed E-state index contributed by atoms with van der Waals surface area (Å²) in [5, 5.41) is 2.90. The number of halogens is 3. The van der Waals surface area contributed by atoms with Crippen molar-refractivity contribution in [3.63, 3.8) is 0 Å². The molecule has 1 atom stereocenters. The second-order valence-corrected chi connectivity index (χ2v) is 7.13. The number of carbonyl (C=O) groups excluding carboxylic acids is 1. The quantitative estimate of drug-likeness (QED) is 0.749. The summed E-state index contributed by atoms with van der Waals surface area (Å²) in [6.45, 7) is 2.74. The number of hydrogen-bond donors (Lipinski definition) is 1. The number of carbonyl (C=O) groups is 1. The average Bonchev–Trinajstić information content (AvgIpc) is 2.56. The Morgan fingerprint density at radius 2 is 2.31 bits per heavy atom. The van der Waals surface area contributed by atoms with Gasteiger partial charge in [-0.3, -0.25) is 4.79 Å². The molecule has 0 saturated heterocycles. The van der Waals surface area contributed by atoms with Crippen molar-refractivity contribution in [2.75, 3.05) is 12.4 Å². The Morgan fingerprint density at radius 1 is 1.62 bits per heavy atom. The van der Waals surface area contributed by atoms with Crippen molar-refractivity contribution in [1.29, 1.82) is 0 Å². The van der Waals surface area contributed by atoms with Gasteiger partial charge < -0.3 is 5.32 Å². The lowest BCUT2D eigenvalue weighted by molar-refractivity contribution is 0.0952. The molecule has 0 fully saturated rings. The summed E-state index contributed by atoms with van der Waals surface area (Å²) in [5.41, 5.74) is 0. The third-order valence-electron chi connectivity index (χ3n) is 2.08. The van der Waals surface area contributed by atoms with Crippen LogP contribution in [0.2, 0.25) is 0 Å². The van der Waals surface area contributed by atoms with Gasteiger partial charge in [0.05, 0.1) is 8.66 Å². The van der Waals surface area contributed by atoms with E-state index in [4.69, 9.17) is 11.6 Å². The van der Waals surface area contributed by atoms with Crippen LogP contribution in [0.3, 0.4) is 0 Å². The predicted octanol–water partition coefficient (Wildman–Crippen LogP) is 4.27. The lowest BCUT2D eigenvalue weighted by atomic mass is 10.1. The van der Waals surface area contributed by atoms with Crippen LogP contribution in [0.1, 0.15) is 23.0 Å². The second kappa shape index (κ2) is 6.99. The molecule has 1 aromatic heterocycles. The molecule has 0 aliphatic carbocycles. The van der Waals surface area contributed by atoms with Crippen LogP contribution in [0.25, 0.3) is 0 Å². The molecule has 1 N–H and O–H groups in total. The minimum Gasteiger partial charge on any atom is -0.351 e. The van der Waals surface area contributed by atoms with E-state index in [2.05, 4.69) is 44.1 Å². The summed E-state index contributed by atoms with van der Waals surface area (Å²) in [6, 6.07) is 1.82. The Kier molecular flexibility index (Phi) is 6.32. The normalized spacial score (nSPS) is 12.5. The van der Waals surface area contributed by atoms with E-state index in [1.54, 1.807) is 0 Å². The second-order valence-electron chi connectivity index (χ2n) is 3.53. The molecular formula is C10H12Br2ClNOS. The van der Waals surface area contributed by atoms with E-state index in [-0.39, 0.29) is 5.91 Å². The minimum atomic E-state index is -0.0298. The highest BCUT2D eigenvalue weighted by molar-refractivity contribution is 9.13. The van der Waals surface area contributed by atoms with Gasteiger partial charge in [0.25, 0.3) is 5.91 Å². The molecule has 0 aliphatic heterocycles. The van der Waals surface area contributed by atoms with Crippen molar-refractivity contribution in [3.8, 4) is 0 Å². The number of amides is 1. The Hall–Kier alpha value is 0.420. The predicted molar refractivity (Wildman–Crippen MR) is 76.6 cm³/mol. The number of nitrogens with one attached hydrogen (secondary N) is 1. The van der Waals surface area contributed by atoms with Gasteiger partial charge in [-0.15, -0.1) is 22.9 Å². The third kappa shape index (κ3) is 4.35. The van der Waals surface area contributed by atoms with Crippen LogP contribution in [-0.2, 0) is 0 Å². The van der Waals surface area contributed by atoms with Gasteiger partial charge in [0.1, 0.15) is 0 Å². The van der Waals surface area contributed by atoms with Crippen molar-refractivity contribution in [3.05, 3.63) is 19.2 Å². The van der Waals surface area contributed by atoms with E-state index in [1.165, 1.54) is 11.3 Å². The van der Waals surface area contributed by atoms with Crippen LogP contribution in [0.4, 0.5) is 0 Å². The van der Waals surface area contributed by atoms with Crippen molar-refractivity contribution in [1.82, 2.24) is 5.32 Å². The smallest absolute Gasteiger partial charge is 0.261 e. The lowest BCUT2D eigenvalue weighted by Gasteiger charge is -2.09. The molecule has 1 unspecified atom stereocenters. The highest BCUT2D eigenvalue weighted by atomic mass is 79.9. The van der Waals surface area contributed by atoms with Gasteiger partial charge in [-0.25, -0.2) is 0 Å². The van der Waals surface area contributed by atoms with Crippen molar-refractivity contribution >= 4 is 60.7 Å². The summed E-state index contributed by atoms with van der Waals surface area (Å²) >= 11 is 13.8. The molecule has 0 aromatic carbocycles. The number of hydrogen-bond acceptors (Lipinski definition) is 2. The molecule has 90 valence electrons. The number of alkyl halides is 1. The zero-order valence-corrected chi connectivity index (χ0v) is 13.5. The van der Waals surface area contributed by atoms with Crippen LogP contribution in [0, 0.1) is 5.92 Å². The van der Waals surface area contributed by atoms with Gasteiger partial charge in [0, 0.05) is 16.9 Å². The molecule has 2 nitrogen and oxygen atoms in total. The van der Waals surface area contributed by atoms with Gasteiger partial charge in [-0.2, -0.15) is 0 Å². The summed E-state index contributed by atoms with van der Waals surface area (Å²) in [4.78, 5) is 12.4. The maximum Gasteiger partial charge on any atom is 0.261 e. The van der Waals surface area contributed by atoms with Gasteiger partial charge in [-0.05, 0) is 50.3 Å².